The van der Waals surface area contributed by atoms with Crippen LogP contribution in [0.4, 0.5) is 26.3 Å². The van der Waals surface area contributed by atoms with E-state index in [1.807, 2.05) is 0 Å². The van der Waals surface area contributed by atoms with Crippen LogP contribution in [0.3, 0.4) is 0 Å². The molecule has 1 atom stereocenters. The van der Waals surface area contributed by atoms with Gasteiger partial charge in [-0.2, -0.15) is 26.3 Å². The first-order chi connectivity index (χ1) is 12.3. The number of benzene rings is 1. The van der Waals surface area contributed by atoms with E-state index < -0.39 is 42.5 Å². The number of carbonyl (C=O) groups is 3. The van der Waals surface area contributed by atoms with Crippen LogP contribution in [0.2, 0.25) is 5.02 Å². The third kappa shape index (κ3) is 7.45. The van der Waals surface area contributed by atoms with Crippen LogP contribution in [-0.4, -0.2) is 42.7 Å². The summed E-state index contributed by atoms with van der Waals surface area (Å²) in [7, 11) is 0. The molecule has 0 saturated heterocycles. The standard InChI is InChI=1S/C15H12ClF6NO4/c16-9-5-3-8(4-6-9)12(25)23-7-1-2-10(24)11(14(17,18)19)27-13(26)15(20,21)22/h3-6,11H,1-2,7H2,(H,23,25). The van der Waals surface area contributed by atoms with E-state index in [1.54, 1.807) is 0 Å². The van der Waals surface area contributed by atoms with Gasteiger partial charge in [0.2, 0.25) is 0 Å². The zero-order valence-electron chi connectivity index (χ0n) is 13.3. The summed E-state index contributed by atoms with van der Waals surface area (Å²) >= 11 is 5.64. The number of alkyl halides is 6. The van der Waals surface area contributed by atoms with Gasteiger partial charge in [-0.25, -0.2) is 4.79 Å². The fraction of sp³-hybridized carbons (Fsp3) is 0.400. The smallest absolute Gasteiger partial charge is 0.438 e. The predicted octanol–water partition coefficient (Wildman–Crippen LogP) is 3.46. The maximum atomic E-state index is 12.7. The van der Waals surface area contributed by atoms with Gasteiger partial charge in [-0.15, -0.1) is 0 Å². The SMILES string of the molecule is O=C(NCCCC(=O)C(OC(=O)C(F)(F)F)C(F)(F)F)c1ccc(Cl)cc1. The van der Waals surface area contributed by atoms with E-state index in [2.05, 4.69) is 10.1 Å². The van der Waals surface area contributed by atoms with Crippen molar-refractivity contribution in [1.82, 2.24) is 5.32 Å². The molecule has 1 aromatic carbocycles. The van der Waals surface area contributed by atoms with Crippen molar-refractivity contribution in [3.63, 3.8) is 0 Å². The lowest BCUT2D eigenvalue weighted by Crippen LogP contribution is -2.43. The van der Waals surface area contributed by atoms with Crippen LogP contribution in [0.5, 0.6) is 0 Å². The van der Waals surface area contributed by atoms with Crippen molar-refractivity contribution >= 4 is 29.3 Å². The Balaban J connectivity index is 2.55. The van der Waals surface area contributed by atoms with Crippen LogP contribution < -0.4 is 5.32 Å². The molecule has 27 heavy (non-hydrogen) atoms. The molecule has 0 spiro atoms. The molecule has 1 rings (SSSR count). The fourth-order valence-corrected chi connectivity index (χ4v) is 1.91. The Bertz CT molecular complexity index is 687. The van der Waals surface area contributed by atoms with E-state index in [0.29, 0.717) is 5.02 Å². The van der Waals surface area contributed by atoms with Crippen LogP contribution in [0.1, 0.15) is 23.2 Å². The first-order valence-corrected chi connectivity index (χ1v) is 7.61. The first kappa shape index (κ1) is 22.7. The Hall–Kier alpha value is -2.30. The summed E-state index contributed by atoms with van der Waals surface area (Å²) in [4.78, 5) is 33.8. The molecule has 0 bridgehead atoms. The van der Waals surface area contributed by atoms with Crippen molar-refractivity contribution in [2.75, 3.05) is 6.54 Å². The van der Waals surface area contributed by atoms with Crippen LogP contribution in [-0.2, 0) is 14.3 Å². The number of amides is 1. The fourth-order valence-electron chi connectivity index (χ4n) is 1.79. The number of halogens is 7. The molecular weight excluding hydrogens is 408 g/mol. The van der Waals surface area contributed by atoms with Gasteiger partial charge in [-0.05, 0) is 30.7 Å². The summed E-state index contributed by atoms with van der Waals surface area (Å²) in [6.45, 7) is -0.231. The van der Waals surface area contributed by atoms with Gasteiger partial charge in [-0.3, -0.25) is 9.59 Å². The highest BCUT2D eigenvalue weighted by molar-refractivity contribution is 6.30. The summed E-state index contributed by atoms with van der Waals surface area (Å²) < 4.78 is 77.4. The van der Waals surface area contributed by atoms with Gasteiger partial charge in [0, 0.05) is 23.6 Å². The Labute approximate surface area is 153 Å². The van der Waals surface area contributed by atoms with E-state index in [1.165, 1.54) is 24.3 Å². The monoisotopic (exact) mass is 419 g/mol. The van der Waals surface area contributed by atoms with Gasteiger partial charge in [0.05, 0.1) is 0 Å². The lowest BCUT2D eigenvalue weighted by Gasteiger charge is -2.20. The molecule has 1 unspecified atom stereocenters. The normalized spacial score (nSPS) is 13.0. The average molecular weight is 420 g/mol. The molecule has 1 amide bonds. The molecule has 0 aromatic heterocycles. The third-order valence-corrected chi connectivity index (χ3v) is 3.29. The summed E-state index contributed by atoms with van der Waals surface area (Å²) in [5, 5.41) is 2.69. The number of hydrogen-bond donors (Lipinski definition) is 1. The van der Waals surface area contributed by atoms with Crippen molar-refractivity contribution in [2.24, 2.45) is 0 Å². The second-order valence-corrected chi connectivity index (χ2v) is 5.59. The van der Waals surface area contributed by atoms with Gasteiger partial charge >= 0.3 is 18.3 Å². The van der Waals surface area contributed by atoms with E-state index >= 15 is 0 Å². The van der Waals surface area contributed by atoms with E-state index in [9.17, 15) is 40.7 Å². The number of carbonyl (C=O) groups excluding carboxylic acids is 3. The lowest BCUT2D eigenvalue weighted by atomic mass is 10.1. The minimum atomic E-state index is -5.67. The molecule has 1 aromatic rings. The van der Waals surface area contributed by atoms with E-state index in [-0.39, 0.29) is 18.5 Å². The molecule has 0 aliphatic rings. The molecular formula is C15H12ClF6NO4. The number of esters is 1. The van der Waals surface area contributed by atoms with E-state index in [4.69, 9.17) is 11.6 Å². The minimum Gasteiger partial charge on any atom is -0.438 e. The van der Waals surface area contributed by atoms with Crippen LogP contribution >= 0.6 is 11.6 Å². The Morgan fingerprint density at radius 1 is 1.04 bits per heavy atom. The van der Waals surface area contributed by atoms with Crippen molar-refractivity contribution in [1.29, 1.82) is 0 Å². The highest BCUT2D eigenvalue weighted by Crippen LogP contribution is 2.28. The van der Waals surface area contributed by atoms with Gasteiger partial charge in [0.1, 0.15) is 0 Å². The van der Waals surface area contributed by atoms with Crippen molar-refractivity contribution in [2.45, 2.75) is 31.3 Å². The van der Waals surface area contributed by atoms with Crippen LogP contribution in [0.15, 0.2) is 24.3 Å². The number of ketones is 1. The topological polar surface area (TPSA) is 72.5 Å². The maximum Gasteiger partial charge on any atom is 0.490 e. The van der Waals surface area contributed by atoms with Crippen molar-refractivity contribution in [3.8, 4) is 0 Å². The summed E-state index contributed by atoms with van der Waals surface area (Å²) in [5.74, 6) is -5.47. The molecule has 0 aliphatic heterocycles. The van der Waals surface area contributed by atoms with Gasteiger partial charge in [-0.1, -0.05) is 11.6 Å². The van der Waals surface area contributed by atoms with Gasteiger partial charge in [0.15, 0.2) is 5.78 Å². The van der Waals surface area contributed by atoms with E-state index in [0.717, 1.165) is 0 Å². The largest absolute Gasteiger partial charge is 0.490 e. The Kier molecular flexibility index (Phi) is 7.64. The molecule has 0 aliphatic carbocycles. The number of nitrogens with one attached hydrogen (secondary N) is 1. The molecule has 150 valence electrons. The predicted molar refractivity (Wildman–Crippen MR) is 80.0 cm³/mol. The molecule has 0 heterocycles. The number of Topliss-reactive ketones (excluding diaryl/α,β-unsaturated/α-hetero) is 1. The maximum absolute atomic E-state index is 12.7. The first-order valence-electron chi connectivity index (χ1n) is 7.23. The molecule has 0 fully saturated rings. The van der Waals surface area contributed by atoms with Crippen LogP contribution in [0.25, 0.3) is 0 Å². The number of hydrogen-bond acceptors (Lipinski definition) is 4. The quantitative estimate of drug-likeness (QED) is 0.417. The highest BCUT2D eigenvalue weighted by atomic mass is 35.5. The van der Waals surface area contributed by atoms with Gasteiger partial charge < -0.3 is 10.1 Å². The minimum absolute atomic E-state index is 0.206. The number of rotatable bonds is 7. The Morgan fingerprint density at radius 2 is 1.59 bits per heavy atom. The highest BCUT2D eigenvalue weighted by Gasteiger charge is 2.52. The van der Waals surface area contributed by atoms with Crippen molar-refractivity contribution in [3.05, 3.63) is 34.9 Å². The van der Waals surface area contributed by atoms with Crippen LogP contribution in [0, 0.1) is 0 Å². The molecule has 5 nitrogen and oxygen atoms in total. The summed E-state index contributed by atoms with van der Waals surface area (Å²) in [5.41, 5.74) is 0.206. The second-order valence-electron chi connectivity index (χ2n) is 5.16. The van der Waals surface area contributed by atoms with Gasteiger partial charge in [0.25, 0.3) is 12.0 Å². The summed E-state index contributed by atoms with van der Waals surface area (Å²) in [6, 6.07) is 5.64. The zero-order valence-corrected chi connectivity index (χ0v) is 14.0. The molecule has 1 N–H and O–H groups in total. The van der Waals surface area contributed by atoms with Crippen molar-refractivity contribution < 1.29 is 45.5 Å². The zero-order chi connectivity index (χ0) is 20.8. The molecule has 12 heteroatoms. The molecule has 0 saturated carbocycles. The Morgan fingerprint density at radius 3 is 2.07 bits per heavy atom. The average Bonchev–Trinajstić information content (AvgIpc) is 2.54. The lowest BCUT2D eigenvalue weighted by molar-refractivity contribution is -0.241. The molecule has 0 radical (unpaired) electrons. The number of ether oxygens (including phenoxy) is 1. The third-order valence-electron chi connectivity index (χ3n) is 3.04. The second kappa shape index (κ2) is 9.07. The summed E-state index contributed by atoms with van der Waals surface area (Å²) in [6.07, 6.45) is -15.9.